The summed E-state index contributed by atoms with van der Waals surface area (Å²) in [6.45, 7) is 8.22. The van der Waals surface area contributed by atoms with Crippen molar-refractivity contribution in [2.24, 2.45) is 17.6 Å². The third kappa shape index (κ3) is 2.73. The summed E-state index contributed by atoms with van der Waals surface area (Å²) in [5.41, 5.74) is 7.35. The number of hydrogen-bond donors (Lipinski definition) is 1. The Hall–Kier alpha value is -1.09. The van der Waals surface area contributed by atoms with E-state index in [0.29, 0.717) is 5.92 Å². The fraction of sp³-hybridized carbons (Fsp3) is 0.462. The second-order valence-corrected chi connectivity index (χ2v) is 5.43. The molecular weight excluding hydrogens is 218 g/mol. The Kier molecular flexibility index (Phi) is 4.30. The Labute approximate surface area is 101 Å². The van der Waals surface area contributed by atoms with Crippen LogP contribution in [0.5, 0.6) is 0 Å². The van der Waals surface area contributed by atoms with Gasteiger partial charge in [0.25, 0.3) is 0 Å². The Morgan fingerprint density at radius 2 is 1.88 bits per heavy atom. The van der Waals surface area contributed by atoms with Gasteiger partial charge in [-0.05, 0) is 28.9 Å². The molecule has 0 aromatic carbocycles. The van der Waals surface area contributed by atoms with E-state index in [0.717, 1.165) is 16.0 Å². The summed E-state index contributed by atoms with van der Waals surface area (Å²) >= 11 is 1.66. The second-order valence-electron chi connectivity index (χ2n) is 4.48. The monoisotopic (exact) mass is 237 g/mol. The molecule has 0 spiro atoms. The zero-order chi connectivity index (χ0) is 12.3. The van der Waals surface area contributed by atoms with Crippen LogP contribution < -0.4 is 5.73 Å². The van der Waals surface area contributed by atoms with Crippen LogP contribution in [-0.2, 0) is 4.79 Å². The molecule has 0 saturated heterocycles. The molecule has 0 radical (unpaired) electrons. The van der Waals surface area contributed by atoms with Gasteiger partial charge >= 0.3 is 0 Å². The smallest absolute Gasteiger partial charge is 0.245 e. The number of rotatable bonds is 4. The molecule has 1 heterocycles. The molecule has 0 aliphatic heterocycles. The van der Waals surface area contributed by atoms with Crippen LogP contribution in [0, 0.1) is 11.8 Å². The summed E-state index contributed by atoms with van der Waals surface area (Å²) in [5, 5.41) is 2.02. The summed E-state index contributed by atoms with van der Waals surface area (Å²) in [5.74, 6) is 0.174. The van der Waals surface area contributed by atoms with Crippen LogP contribution in [0.15, 0.2) is 23.1 Å². The zero-order valence-corrected chi connectivity index (χ0v) is 11.1. The first kappa shape index (κ1) is 13.0. The Morgan fingerprint density at radius 1 is 1.25 bits per heavy atom. The molecule has 2 nitrogen and oxygen atoms in total. The van der Waals surface area contributed by atoms with E-state index in [4.69, 9.17) is 5.73 Å². The van der Waals surface area contributed by atoms with Crippen LogP contribution in [0.2, 0.25) is 0 Å². The molecule has 0 unspecified atom stereocenters. The maximum atomic E-state index is 11.6. The van der Waals surface area contributed by atoms with Crippen molar-refractivity contribution in [2.75, 3.05) is 0 Å². The largest absolute Gasteiger partial charge is 0.366 e. The molecule has 2 N–H and O–H groups in total. The standard InChI is InChI=1S/C13H19NOS/c1-8(2)11(10-6-5-7-16-10)12(9(3)4)13(14)15/h5-9H,1-4H3,(H2,14,15). The van der Waals surface area contributed by atoms with Gasteiger partial charge in [0.2, 0.25) is 5.91 Å². The molecule has 16 heavy (non-hydrogen) atoms. The van der Waals surface area contributed by atoms with Crippen LogP contribution >= 0.6 is 11.3 Å². The van der Waals surface area contributed by atoms with E-state index < -0.39 is 0 Å². The third-order valence-corrected chi connectivity index (χ3v) is 3.40. The molecular formula is C13H19NOS. The minimum atomic E-state index is -0.299. The van der Waals surface area contributed by atoms with Crippen molar-refractivity contribution in [1.82, 2.24) is 0 Å². The number of carbonyl (C=O) groups is 1. The van der Waals surface area contributed by atoms with Gasteiger partial charge in [-0.25, -0.2) is 0 Å². The number of nitrogens with two attached hydrogens (primary N) is 1. The van der Waals surface area contributed by atoms with Gasteiger partial charge in [0.15, 0.2) is 0 Å². The van der Waals surface area contributed by atoms with Crippen molar-refractivity contribution >= 4 is 22.8 Å². The number of carbonyl (C=O) groups excluding carboxylic acids is 1. The number of allylic oxidation sites excluding steroid dienone is 1. The van der Waals surface area contributed by atoms with Crippen LogP contribution in [0.25, 0.3) is 5.57 Å². The van der Waals surface area contributed by atoms with Crippen molar-refractivity contribution in [3.8, 4) is 0 Å². The lowest BCUT2D eigenvalue weighted by Gasteiger charge is -2.18. The average molecular weight is 237 g/mol. The predicted octanol–water partition coefficient (Wildman–Crippen LogP) is 3.30. The highest BCUT2D eigenvalue weighted by Gasteiger charge is 2.20. The fourth-order valence-corrected chi connectivity index (χ4v) is 2.82. The van der Waals surface area contributed by atoms with Gasteiger partial charge in [-0.1, -0.05) is 33.8 Å². The van der Waals surface area contributed by atoms with E-state index >= 15 is 0 Å². The van der Waals surface area contributed by atoms with E-state index in [9.17, 15) is 4.79 Å². The third-order valence-electron chi connectivity index (χ3n) is 2.50. The molecule has 1 aromatic rings. The topological polar surface area (TPSA) is 43.1 Å². The number of amides is 1. The van der Waals surface area contributed by atoms with Crippen molar-refractivity contribution in [2.45, 2.75) is 27.7 Å². The highest BCUT2D eigenvalue weighted by atomic mass is 32.1. The Morgan fingerprint density at radius 3 is 2.19 bits per heavy atom. The molecule has 0 bridgehead atoms. The van der Waals surface area contributed by atoms with E-state index in [-0.39, 0.29) is 11.8 Å². The normalized spacial score (nSPS) is 13.1. The van der Waals surface area contributed by atoms with Gasteiger partial charge in [-0.3, -0.25) is 4.79 Å². The molecule has 1 amide bonds. The first-order valence-corrected chi connectivity index (χ1v) is 6.40. The lowest BCUT2D eigenvalue weighted by atomic mass is 9.89. The second kappa shape index (κ2) is 5.30. The Balaban J connectivity index is 3.38. The van der Waals surface area contributed by atoms with Gasteiger partial charge in [0.1, 0.15) is 0 Å². The van der Waals surface area contributed by atoms with Gasteiger partial charge in [0, 0.05) is 10.5 Å². The van der Waals surface area contributed by atoms with E-state index in [1.54, 1.807) is 11.3 Å². The van der Waals surface area contributed by atoms with Crippen LogP contribution in [-0.4, -0.2) is 5.91 Å². The molecule has 1 aromatic heterocycles. The van der Waals surface area contributed by atoms with Crippen molar-refractivity contribution in [3.63, 3.8) is 0 Å². The van der Waals surface area contributed by atoms with Crippen molar-refractivity contribution < 1.29 is 4.79 Å². The van der Waals surface area contributed by atoms with Gasteiger partial charge in [-0.2, -0.15) is 0 Å². The molecule has 0 atom stereocenters. The van der Waals surface area contributed by atoms with Crippen molar-refractivity contribution in [1.29, 1.82) is 0 Å². The maximum absolute atomic E-state index is 11.6. The van der Waals surface area contributed by atoms with Gasteiger partial charge in [0.05, 0.1) is 0 Å². The first-order chi connectivity index (χ1) is 7.45. The zero-order valence-electron chi connectivity index (χ0n) is 10.3. The quantitative estimate of drug-likeness (QED) is 0.802. The summed E-state index contributed by atoms with van der Waals surface area (Å²) < 4.78 is 0. The fourth-order valence-electron chi connectivity index (χ4n) is 1.89. The number of thiophene rings is 1. The summed E-state index contributed by atoms with van der Waals surface area (Å²) in [6.07, 6.45) is 0. The van der Waals surface area contributed by atoms with Gasteiger partial charge < -0.3 is 5.73 Å². The molecule has 0 saturated carbocycles. The van der Waals surface area contributed by atoms with E-state index in [2.05, 4.69) is 13.8 Å². The minimum absolute atomic E-state index is 0.164. The van der Waals surface area contributed by atoms with Crippen LogP contribution in [0.3, 0.4) is 0 Å². The highest BCUT2D eigenvalue weighted by Crippen LogP contribution is 2.32. The maximum Gasteiger partial charge on any atom is 0.245 e. The van der Waals surface area contributed by atoms with Crippen molar-refractivity contribution in [3.05, 3.63) is 28.0 Å². The molecule has 0 aliphatic carbocycles. The summed E-state index contributed by atoms with van der Waals surface area (Å²) in [6, 6.07) is 4.05. The van der Waals surface area contributed by atoms with Crippen LogP contribution in [0.4, 0.5) is 0 Å². The molecule has 88 valence electrons. The highest BCUT2D eigenvalue weighted by molar-refractivity contribution is 7.11. The molecule has 3 heteroatoms. The summed E-state index contributed by atoms with van der Waals surface area (Å²) in [7, 11) is 0. The number of hydrogen-bond acceptors (Lipinski definition) is 2. The molecule has 1 rings (SSSR count). The lowest BCUT2D eigenvalue weighted by molar-refractivity contribution is -0.114. The molecule has 0 aliphatic rings. The van der Waals surface area contributed by atoms with Gasteiger partial charge in [-0.15, -0.1) is 11.3 Å². The molecule has 0 fully saturated rings. The first-order valence-electron chi connectivity index (χ1n) is 5.52. The van der Waals surface area contributed by atoms with Crippen LogP contribution in [0.1, 0.15) is 32.6 Å². The lowest BCUT2D eigenvalue weighted by Crippen LogP contribution is -2.20. The SMILES string of the molecule is CC(C)C(C(N)=O)=C(c1cccs1)C(C)C. The summed E-state index contributed by atoms with van der Waals surface area (Å²) in [4.78, 5) is 12.7. The van der Waals surface area contributed by atoms with E-state index in [1.807, 2.05) is 31.4 Å². The number of primary amides is 1. The Bertz CT molecular complexity index is 388. The predicted molar refractivity (Wildman–Crippen MR) is 70.1 cm³/mol. The van der Waals surface area contributed by atoms with E-state index in [1.165, 1.54) is 0 Å². The minimum Gasteiger partial charge on any atom is -0.366 e. The average Bonchev–Trinajstić information content (AvgIpc) is 2.64.